The first-order chi connectivity index (χ1) is 18.9. The van der Waals surface area contributed by atoms with E-state index in [0.717, 1.165) is 6.54 Å². The van der Waals surface area contributed by atoms with Crippen molar-refractivity contribution >= 4 is 36.8 Å². The van der Waals surface area contributed by atoms with Crippen LogP contribution in [0.1, 0.15) is 22.4 Å². The number of thiophene rings is 1. The number of nitrogens with zero attached hydrogens (tertiary/aromatic N) is 2. The zero-order valence-electron chi connectivity index (χ0n) is 22.3. The number of methoxy groups -OCH3 is 1. The van der Waals surface area contributed by atoms with Gasteiger partial charge in [0.15, 0.2) is 0 Å². The number of hydrogen-bond acceptors (Lipinski definition) is 8. The summed E-state index contributed by atoms with van der Waals surface area (Å²) in [5.41, 5.74) is 1.39. The molecule has 2 aromatic heterocycles. The second-order valence-corrected chi connectivity index (χ2v) is 12.9. The predicted octanol–water partition coefficient (Wildman–Crippen LogP) is 5.04. The van der Waals surface area contributed by atoms with Crippen molar-refractivity contribution in [2.45, 2.75) is 42.8 Å². The van der Waals surface area contributed by atoms with Gasteiger partial charge in [-0.25, -0.2) is 18.4 Å². The third-order valence-corrected chi connectivity index (χ3v) is 8.74. The van der Waals surface area contributed by atoms with E-state index in [9.17, 15) is 21.8 Å². The molecule has 216 valence electrons. The number of piperidine rings is 1. The average molecular weight is 598 g/mol. The molecule has 3 heterocycles. The summed E-state index contributed by atoms with van der Waals surface area (Å²) in [6.07, 6.45) is -4.75. The molecule has 1 saturated heterocycles. The van der Waals surface area contributed by atoms with Crippen molar-refractivity contribution in [2.75, 3.05) is 45.4 Å². The lowest BCUT2D eigenvalue weighted by Gasteiger charge is -2.33. The zero-order chi connectivity index (χ0) is 29.1. The Balaban J connectivity index is 1.54. The van der Waals surface area contributed by atoms with Crippen LogP contribution in [0.15, 0.2) is 35.4 Å². The van der Waals surface area contributed by atoms with Crippen molar-refractivity contribution in [1.82, 2.24) is 15.2 Å². The van der Waals surface area contributed by atoms with Crippen molar-refractivity contribution < 1.29 is 26.5 Å². The van der Waals surface area contributed by atoms with Gasteiger partial charge >= 0.3 is 6.18 Å². The number of hydrogen-bond donors (Lipinski definition) is 3. The van der Waals surface area contributed by atoms with Crippen LogP contribution in [0.4, 0.5) is 23.2 Å². The summed E-state index contributed by atoms with van der Waals surface area (Å²) in [5, 5.41) is 6.90. The van der Waals surface area contributed by atoms with Gasteiger partial charge in [0.05, 0.1) is 51.1 Å². The van der Waals surface area contributed by atoms with Gasteiger partial charge in [-0.3, -0.25) is 0 Å². The Kier molecular flexibility index (Phi) is 9.24. The molecule has 40 heavy (non-hydrogen) atoms. The van der Waals surface area contributed by atoms with Gasteiger partial charge < -0.3 is 20.3 Å². The van der Waals surface area contributed by atoms with Gasteiger partial charge in [-0.05, 0) is 42.6 Å². The Labute approximate surface area is 235 Å². The lowest BCUT2D eigenvalue weighted by Crippen LogP contribution is -2.46. The Bertz CT molecular complexity index is 1530. The third-order valence-electron chi connectivity index (χ3n) is 6.52. The number of ether oxygens (including phenoxy) is 1. The average Bonchev–Trinajstić information content (AvgIpc) is 3.21. The number of likely N-dealkylation sites (tertiary alicyclic amines) is 1. The van der Waals surface area contributed by atoms with Gasteiger partial charge in [0.2, 0.25) is 5.88 Å². The molecular weight excluding hydrogens is 566 g/mol. The van der Waals surface area contributed by atoms with E-state index in [4.69, 9.17) is 9.52 Å². The lowest BCUT2D eigenvalue weighted by molar-refractivity contribution is -0.126. The molecule has 0 saturated carbocycles. The molecule has 0 bridgehead atoms. The van der Waals surface area contributed by atoms with Gasteiger partial charge in [-0.15, -0.1) is 11.3 Å². The fraction of sp³-hybridized carbons (Fsp3) is 0.444. The van der Waals surface area contributed by atoms with Crippen LogP contribution in [0.5, 0.6) is 5.88 Å². The SMILES string of the molecule is COc1nc(S(C)(=N)=O)ccc1CNCC#Cc1sc2c(NC3CCN(C)C[C@@H]3F)cccc2c1CC(F)(F)F. The maximum atomic E-state index is 14.7. The monoisotopic (exact) mass is 597 g/mol. The first-order valence-corrected chi connectivity index (χ1v) is 15.3. The highest BCUT2D eigenvalue weighted by molar-refractivity contribution is 7.91. The molecule has 0 radical (unpaired) electrons. The van der Waals surface area contributed by atoms with Gasteiger partial charge in [-0.1, -0.05) is 24.0 Å². The van der Waals surface area contributed by atoms with Crippen LogP contribution >= 0.6 is 11.3 Å². The third kappa shape index (κ3) is 7.42. The van der Waals surface area contributed by atoms with Crippen molar-refractivity contribution in [3.8, 4) is 17.7 Å². The Morgan fingerprint density at radius 2 is 2.08 bits per heavy atom. The van der Waals surface area contributed by atoms with Crippen LogP contribution in [-0.2, 0) is 22.7 Å². The summed E-state index contributed by atoms with van der Waals surface area (Å²) >= 11 is 1.17. The second kappa shape index (κ2) is 12.3. The number of benzene rings is 1. The maximum Gasteiger partial charge on any atom is 0.393 e. The van der Waals surface area contributed by atoms with E-state index in [2.05, 4.69) is 27.5 Å². The number of fused-ring (bicyclic) bond motifs is 1. The van der Waals surface area contributed by atoms with Crippen molar-refractivity contribution in [2.24, 2.45) is 0 Å². The summed E-state index contributed by atoms with van der Waals surface area (Å²) in [7, 11) is 0.286. The number of aromatic nitrogens is 1. The molecule has 1 fully saturated rings. The van der Waals surface area contributed by atoms with Crippen LogP contribution < -0.4 is 15.4 Å². The van der Waals surface area contributed by atoms with E-state index in [1.165, 1.54) is 30.8 Å². The van der Waals surface area contributed by atoms with E-state index in [0.29, 0.717) is 45.7 Å². The molecule has 0 aliphatic carbocycles. The minimum Gasteiger partial charge on any atom is -0.481 e. The topological polar surface area (TPSA) is 90.3 Å². The quantitative estimate of drug-likeness (QED) is 0.192. The molecular formula is C27H31F4N5O2S2. The Morgan fingerprint density at radius 3 is 2.75 bits per heavy atom. The minimum atomic E-state index is -4.42. The normalized spacial score (nSPS) is 19.6. The smallest absolute Gasteiger partial charge is 0.393 e. The lowest BCUT2D eigenvalue weighted by atomic mass is 10.0. The van der Waals surface area contributed by atoms with Crippen molar-refractivity contribution in [1.29, 1.82) is 4.78 Å². The van der Waals surface area contributed by atoms with Gasteiger partial charge in [0, 0.05) is 31.5 Å². The first kappa shape index (κ1) is 30.0. The molecule has 1 aliphatic rings. The van der Waals surface area contributed by atoms with E-state index in [1.807, 2.05) is 11.9 Å². The fourth-order valence-electron chi connectivity index (χ4n) is 4.54. The molecule has 2 unspecified atom stereocenters. The van der Waals surface area contributed by atoms with Gasteiger partial charge in [-0.2, -0.15) is 13.2 Å². The summed E-state index contributed by atoms with van der Waals surface area (Å²) in [5.74, 6) is 6.04. The fourth-order valence-corrected chi connectivity index (χ4v) is 6.30. The predicted molar refractivity (Wildman–Crippen MR) is 150 cm³/mol. The van der Waals surface area contributed by atoms with Gasteiger partial charge in [0.1, 0.15) is 11.2 Å². The van der Waals surface area contributed by atoms with Crippen molar-refractivity contribution in [3.63, 3.8) is 0 Å². The molecule has 13 heteroatoms. The molecule has 3 N–H and O–H groups in total. The Morgan fingerprint density at radius 1 is 1.30 bits per heavy atom. The molecule has 1 aliphatic heterocycles. The molecule has 0 spiro atoms. The molecule has 0 amide bonds. The number of rotatable bonds is 8. The highest BCUT2D eigenvalue weighted by atomic mass is 32.2. The maximum absolute atomic E-state index is 14.7. The van der Waals surface area contributed by atoms with Crippen LogP contribution in [0.3, 0.4) is 0 Å². The van der Waals surface area contributed by atoms with E-state index in [-0.39, 0.29) is 23.0 Å². The molecule has 3 aromatic rings. The number of pyridine rings is 1. The zero-order valence-corrected chi connectivity index (χ0v) is 24.0. The van der Waals surface area contributed by atoms with Crippen molar-refractivity contribution in [3.05, 3.63) is 46.3 Å². The van der Waals surface area contributed by atoms with E-state index in [1.54, 1.807) is 24.3 Å². The molecule has 1 aromatic carbocycles. The molecule has 7 nitrogen and oxygen atoms in total. The summed E-state index contributed by atoms with van der Waals surface area (Å²) < 4.78 is 80.7. The minimum absolute atomic E-state index is 0.113. The second-order valence-electron chi connectivity index (χ2n) is 9.77. The molecule has 4 rings (SSSR count). The van der Waals surface area contributed by atoms with E-state index >= 15 is 0 Å². The van der Waals surface area contributed by atoms with Gasteiger partial charge in [0.25, 0.3) is 0 Å². The number of halogens is 4. The largest absolute Gasteiger partial charge is 0.481 e. The number of nitrogens with one attached hydrogen (secondary N) is 3. The standard InChI is InChI=1S/C27H31F4N5O2S2/c1-36-13-11-21(20(28)16-36)34-22-7-4-6-18-19(14-27(29,30)31)23(39-25(18)22)8-5-12-33-15-17-9-10-24(40(3,32)37)35-26(17)38-2/h4,6-7,9-10,20-21,32-34H,11-16H2,1-3H3/t20-,21?,40?/m0/s1. The van der Waals surface area contributed by atoms with Crippen LogP contribution in [0, 0.1) is 16.6 Å². The summed E-state index contributed by atoms with van der Waals surface area (Å²) in [6.45, 7) is 1.51. The van der Waals surface area contributed by atoms with E-state index < -0.39 is 34.5 Å². The summed E-state index contributed by atoms with van der Waals surface area (Å²) in [6, 6.07) is 7.85. The highest BCUT2D eigenvalue weighted by Crippen LogP contribution is 2.39. The van der Waals surface area contributed by atoms with Crippen LogP contribution in [0.25, 0.3) is 10.1 Å². The molecule has 3 atom stereocenters. The van der Waals surface area contributed by atoms with Crippen LogP contribution in [-0.4, -0.2) is 72.5 Å². The van der Waals surface area contributed by atoms with Crippen LogP contribution in [0.2, 0.25) is 0 Å². The number of alkyl halides is 4. The first-order valence-electron chi connectivity index (χ1n) is 12.5. The Hall–Kier alpha value is -2.92. The number of anilines is 1. The highest BCUT2D eigenvalue weighted by Gasteiger charge is 2.32. The summed E-state index contributed by atoms with van der Waals surface area (Å²) in [4.78, 5) is 6.38.